The number of hydrogen-bond acceptors (Lipinski definition) is 4. The Kier molecular flexibility index (Phi) is 4.41. The lowest BCUT2D eigenvalue weighted by Gasteiger charge is -2.21. The number of hydrogen-bond donors (Lipinski definition) is 1. The highest BCUT2D eigenvalue weighted by Crippen LogP contribution is 2.35. The smallest absolute Gasteiger partial charge is 0.395 e. The first kappa shape index (κ1) is 15.7. The van der Waals surface area contributed by atoms with Gasteiger partial charge in [-0.25, -0.2) is 12.8 Å². The summed E-state index contributed by atoms with van der Waals surface area (Å²) >= 11 is 0. The Labute approximate surface area is 107 Å². The van der Waals surface area contributed by atoms with Crippen molar-refractivity contribution in [2.45, 2.75) is 10.4 Å². The molecule has 0 fully saturated rings. The predicted molar refractivity (Wildman–Crippen MR) is 60.0 cm³/mol. The van der Waals surface area contributed by atoms with Crippen molar-refractivity contribution >= 4 is 15.5 Å². The monoisotopic (exact) mass is 301 g/mol. The Balaban J connectivity index is 3.46. The van der Waals surface area contributed by atoms with Gasteiger partial charge in [-0.05, 0) is 18.2 Å². The average Bonchev–Trinajstić information content (AvgIpc) is 2.27. The summed E-state index contributed by atoms with van der Waals surface area (Å²) in [4.78, 5) is -0.0751. The molecule has 0 radical (unpaired) electrons. The van der Waals surface area contributed by atoms with Crippen LogP contribution < -0.4 is 4.90 Å². The Hall–Kier alpha value is -1.35. The lowest BCUT2D eigenvalue weighted by Crippen LogP contribution is -2.28. The summed E-state index contributed by atoms with van der Waals surface area (Å²) in [6.45, 7) is -0.481. The zero-order chi connectivity index (χ0) is 14.8. The van der Waals surface area contributed by atoms with Crippen molar-refractivity contribution in [1.29, 1.82) is 0 Å². The zero-order valence-electron chi connectivity index (χ0n) is 9.78. The van der Waals surface area contributed by atoms with E-state index in [2.05, 4.69) is 0 Å². The number of benzene rings is 1. The van der Waals surface area contributed by atoms with E-state index in [1.54, 1.807) is 0 Å². The Morgan fingerprint density at radius 2 is 1.89 bits per heavy atom. The minimum Gasteiger partial charge on any atom is -0.395 e. The third kappa shape index (κ3) is 3.16. The number of anilines is 1. The minimum atomic E-state index is -5.66. The molecule has 19 heavy (non-hydrogen) atoms. The van der Waals surface area contributed by atoms with E-state index < -0.39 is 26.1 Å². The number of aliphatic hydroxyl groups is 1. The number of sulfone groups is 1. The standard InChI is InChI=1S/C10H11F4NO3S/c1-15(4-5-16)8-3-2-7(11)6-9(8)19(17,18)10(12,13)14/h2-3,6,16H,4-5H2,1H3. The van der Waals surface area contributed by atoms with Gasteiger partial charge < -0.3 is 10.0 Å². The first-order chi connectivity index (χ1) is 8.61. The van der Waals surface area contributed by atoms with Crippen molar-refractivity contribution in [3.05, 3.63) is 24.0 Å². The van der Waals surface area contributed by atoms with Crippen molar-refractivity contribution in [3.8, 4) is 0 Å². The van der Waals surface area contributed by atoms with E-state index >= 15 is 0 Å². The second-order valence-corrected chi connectivity index (χ2v) is 5.62. The number of alkyl halides is 3. The lowest BCUT2D eigenvalue weighted by atomic mass is 10.3. The molecule has 0 aromatic heterocycles. The molecule has 0 spiro atoms. The summed E-state index contributed by atoms with van der Waals surface area (Å²) in [6, 6.07) is 2.08. The van der Waals surface area contributed by atoms with E-state index in [0.29, 0.717) is 6.07 Å². The molecule has 0 aliphatic carbocycles. The molecule has 0 saturated carbocycles. The molecular formula is C10H11F4NO3S. The predicted octanol–water partition coefficient (Wildman–Crippen LogP) is 1.55. The van der Waals surface area contributed by atoms with Gasteiger partial charge >= 0.3 is 5.51 Å². The summed E-state index contributed by atoms with van der Waals surface area (Å²) in [6.07, 6.45) is 0. The summed E-state index contributed by atoms with van der Waals surface area (Å²) in [5.74, 6) is -1.09. The van der Waals surface area contributed by atoms with Gasteiger partial charge in [0.15, 0.2) is 0 Å². The highest BCUT2D eigenvalue weighted by molar-refractivity contribution is 7.92. The molecule has 0 bridgehead atoms. The molecule has 0 heterocycles. The van der Waals surface area contributed by atoms with E-state index in [1.807, 2.05) is 0 Å². The number of likely N-dealkylation sites (N-methyl/N-ethyl adjacent to an activating group) is 1. The zero-order valence-corrected chi connectivity index (χ0v) is 10.6. The Morgan fingerprint density at radius 3 is 2.37 bits per heavy atom. The van der Waals surface area contributed by atoms with Crippen LogP contribution in [0.25, 0.3) is 0 Å². The average molecular weight is 301 g/mol. The van der Waals surface area contributed by atoms with Crippen LogP contribution in [0.5, 0.6) is 0 Å². The molecule has 9 heteroatoms. The Bertz CT molecular complexity index is 556. The third-order valence-corrected chi connectivity index (χ3v) is 3.88. The van der Waals surface area contributed by atoms with Gasteiger partial charge in [0.05, 0.1) is 12.3 Å². The molecule has 0 unspecified atom stereocenters. The summed E-state index contributed by atoms with van der Waals surface area (Å²) in [7, 11) is -4.37. The summed E-state index contributed by atoms with van der Waals surface area (Å²) < 4.78 is 73.2. The summed E-state index contributed by atoms with van der Waals surface area (Å²) in [5.41, 5.74) is -5.84. The largest absolute Gasteiger partial charge is 0.501 e. The van der Waals surface area contributed by atoms with E-state index in [-0.39, 0.29) is 18.8 Å². The quantitative estimate of drug-likeness (QED) is 0.857. The van der Waals surface area contributed by atoms with Crippen molar-refractivity contribution < 1.29 is 31.1 Å². The van der Waals surface area contributed by atoms with Gasteiger partial charge in [-0.3, -0.25) is 0 Å². The molecule has 0 atom stereocenters. The number of aliphatic hydroxyl groups excluding tert-OH is 1. The van der Waals surface area contributed by atoms with Gasteiger partial charge in [0.25, 0.3) is 9.84 Å². The van der Waals surface area contributed by atoms with Crippen molar-refractivity contribution in [1.82, 2.24) is 0 Å². The van der Waals surface area contributed by atoms with Gasteiger partial charge in [-0.1, -0.05) is 0 Å². The molecule has 0 saturated heterocycles. The van der Waals surface area contributed by atoms with Gasteiger partial charge in [0, 0.05) is 13.6 Å². The van der Waals surface area contributed by atoms with Crippen LogP contribution >= 0.6 is 0 Å². The van der Waals surface area contributed by atoms with Crippen LogP contribution in [0.2, 0.25) is 0 Å². The van der Waals surface area contributed by atoms with Crippen LogP contribution in [0.1, 0.15) is 0 Å². The molecule has 0 aliphatic rings. The van der Waals surface area contributed by atoms with Gasteiger partial charge in [0.1, 0.15) is 10.7 Å². The number of rotatable bonds is 4. The van der Waals surface area contributed by atoms with Gasteiger partial charge in [-0.15, -0.1) is 0 Å². The minimum absolute atomic E-state index is 0.0913. The SMILES string of the molecule is CN(CCO)c1ccc(F)cc1S(=O)(=O)C(F)(F)F. The van der Waals surface area contributed by atoms with Crippen molar-refractivity contribution in [3.63, 3.8) is 0 Å². The van der Waals surface area contributed by atoms with Crippen LogP contribution in [0, 0.1) is 5.82 Å². The van der Waals surface area contributed by atoms with Crippen LogP contribution in [0.3, 0.4) is 0 Å². The van der Waals surface area contributed by atoms with Crippen LogP contribution in [0.4, 0.5) is 23.2 Å². The third-order valence-electron chi connectivity index (χ3n) is 2.36. The fraction of sp³-hybridized carbons (Fsp3) is 0.400. The molecule has 1 aromatic carbocycles. The van der Waals surface area contributed by atoms with Gasteiger partial charge in [-0.2, -0.15) is 13.2 Å². The highest BCUT2D eigenvalue weighted by atomic mass is 32.2. The fourth-order valence-electron chi connectivity index (χ4n) is 1.41. The molecule has 1 aromatic rings. The second-order valence-electron chi connectivity index (χ2n) is 3.71. The van der Waals surface area contributed by atoms with E-state index in [0.717, 1.165) is 17.0 Å². The van der Waals surface area contributed by atoms with Crippen LogP contribution in [-0.2, 0) is 9.84 Å². The first-order valence-corrected chi connectivity index (χ1v) is 6.52. The molecule has 0 amide bonds. The van der Waals surface area contributed by atoms with E-state index in [9.17, 15) is 26.0 Å². The summed E-state index contributed by atoms with van der Waals surface area (Å²) in [5, 5.41) is 8.72. The van der Waals surface area contributed by atoms with E-state index in [4.69, 9.17) is 5.11 Å². The Morgan fingerprint density at radius 1 is 1.32 bits per heavy atom. The number of nitrogens with zero attached hydrogens (tertiary/aromatic N) is 1. The lowest BCUT2D eigenvalue weighted by molar-refractivity contribution is -0.0435. The first-order valence-electron chi connectivity index (χ1n) is 5.04. The number of halogens is 4. The fourth-order valence-corrected chi connectivity index (χ4v) is 2.43. The normalized spacial score (nSPS) is 12.5. The topological polar surface area (TPSA) is 57.6 Å². The van der Waals surface area contributed by atoms with E-state index in [1.165, 1.54) is 7.05 Å². The molecule has 0 aliphatic heterocycles. The van der Waals surface area contributed by atoms with Gasteiger partial charge in [0.2, 0.25) is 0 Å². The molecule has 1 N–H and O–H groups in total. The molecule has 108 valence electrons. The maximum Gasteiger partial charge on any atom is 0.501 e. The molecule has 1 rings (SSSR count). The van der Waals surface area contributed by atoms with Crippen molar-refractivity contribution in [2.24, 2.45) is 0 Å². The van der Waals surface area contributed by atoms with Crippen LogP contribution in [0.15, 0.2) is 23.1 Å². The second kappa shape index (κ2) is 5.33. The van der Waals surface area contributed by atoms with Crippen molar-refractivity contribution in [2.75, 3.05) is 25.1 Å². The molecule has 4 nitrogen and oxygen atoms in total. The van der Waals surface area contributed by atoms with Crippen LogP contribution in [-0.4, -0.2) is 39.2 Å². The molecular weight excluding hydrogens is 290 g/mol. The maximum atomic E-state index is 13.0. The maximum absolute atomic E-state index is 13.0. The highest BCUT2D eigenvalue weighted by Gasteiger charge is 2.48.